The summed E-state index contributed by atoms with van der Waals surface area (Å²) in [4.78, 5) is 20.8. The molecular weight excluding hydrogens is 202 g/mol. The van der Waals surface area contributed by atoms with Crippen molar-refractivity contribution in [2.24, 2.45) is 5.92 Å². The Bertz CT molecular complexity index is 272. The lowest BCUT2D eigenvalue weighted by Gasteiger charge is -2.07. The van der Waals surface area contributed by atoms with E-state index in [1.54, 1.807) is 20.8 Å². The van der Waals surface area contributed by atoms with E-state index in [1.165, 1.54) is 6.08 Å². The van der Waals surface area contributed by atoms with Crippen molar-refractivity contribution in [3.8, 4) is 0 Å². The van der Waals surface area contributed by atoms with Gasteiger partial charge >= 0.3 is 5.97 Å². The van der Waals surface area contributed by atoms with Crippen molar-refractivity contribution in [1.29, 1.82) is 0 Å². The number of hydrogen-bond donors (Lipinski definition) is 1. The summed E-state index contributed by atoms with van der Waals surface area (Å²) >= 11 is 0. The smallest absolute Gasteiger partial charge is 0.346 e. The largest absolute Gasteiger partial charge is 0.464 e. The number of ether oxygens (including phenoxy) is 1. The van der Waals surface area contributed by atoms with E-state index in [4.69, 9.17) is 0 Å². The molecule has 6 nitrogen and oxygen atoms in total. The Kier molecular flexibility index (Phi) is 5.54. The molecule has 15 heavy (non-hydrogen) atoms. The van der Waals surface area contributed by atoms with Crippen LogP contribution in [0, 0.1) is 16.0 Å². The molecule has 0 saturated heterocycles. The van der Waals surface area contributed by atoms with Crippen molar-refractivity contribution in [2.45, 2.75) is 26.9 Å². The number of aliphatic hydroxyl groups excluding tert-OH is 1. The number of esters is 1. The molecule has 86 valence electrons. The number of hydrogen-bond acceptors (Lipinski definition) is 5. The maximum absolute atomic E-state index is 11.1. The lowest BCUT2D eigenvalue weighted by atomic mass is 10.1. The summed E-state index contributed by atoms with van der Waals surface area (Å²) in [6.45, 7) is 5.05. The lowest BCUT2D eigenvalue weighted by molar-refractivity contribution is -0.434. The van der Waals surface area contributed by atoms with Crippen molar-refractivity contribution in [3.05, 3.63) is 21.9 Å². The molecule has 0 rings (SSSR count). The maximum atomic E-state index is 11.1. The molecule has 1 N–H and O–H groups in total. The van der Waals surface area contributed by atoms with Gasteiger partial charge in [-0.25, -0.2) is 4.79 Å². The Morgan fingerprint density at radius 3 is 2.47 bits per heavy atom. The van der Waals surface area contributed by atoms with Crippen LogP contribution in [0.25, 0.3) is 0 Å². The van der Waals surface area contributed by atoms with Crippen molar-refractivity contribution in [2.75, 3.05) is 6.61 Å². The van der Waals surface area contributed by atoms with Crippen molar-refractivity contribution in [3.63, 3.8) is 0 Å². The van der Waals surface area contributed by atoms with Crippen LogP contribution in [0.2, 0.25) is 0 Å². The average Bonchev–Trinajstić information content (AvgIpc) is 2.12. The van der Waals surface area contributed by atoms with Gasteiger partial charge in [0.25, 0.3) is 5.70 Å². The Morgan fingerprint density at radius 1 is 1.60 bits per heavy atom. The first kappa shape index (κ1) is 13.6. The minimum atomic E-state index is -1.82. The predicted molar refractivity (Wildman–Crippen MR) is 52.6 cm³/mol. The first-order chi connectivity index (χ1) is 6.90. The number of nitrogens with zero attached hydrogens (tertiary/aromatic N) is 1. The van der Waals surface area contributed by atoms with E-state index < -0.39 is 22.7 Å². The molecule has 0 aromatic carbocycles. The molecule has 0 fully saturated rings. The number of allylic oxidation sites excluding steroid dienone is 1. The number of aliphatic hydroxyl groups is 1. The molecule has 0 aliphatic heterocycles. The fourth-order valence-corrected chi connectivity index (χ4v) is 0.935. The van der Waals surface area contributed by atoms with E-state index in [0.29, 0.717) is 0 Å². The Morgan fingerprint density at radius 2 is 2.13 bits per heavy atom. The van der Waals surface area contributed by atoms with Gasteiger partial charge in [0.1, 0.15) is 0 Å². The first-order valence-electron chi connectivity index (χ1n) is 4.61. The van der Waals surface area contributed by atoms with Crippen LogP contribution in [0.1, 0.15) is 20.8 Å². The summed E-state index contributed by atoms with van der Waals surface area (Å²) in [5.41, 5.74) is -0.538. The highest BCUT2D eigenvalue weighted by Gasteiger charge is 2.30. The van der Waals surface area contributed by atoms with Crippen molar-refractivity contribution >= 4 is 5.97 Å². The molecule has 0 aromatic rings. The minimum Gasteiger partial charge on any atom is -0.464 e. The van der Waals surface area contributed by atoms with E-state index in [-0.39, 0.29) is 12.5 Å². The van der Waals surface area contributed by atoms with E-state index in [2.05, 4.69) is 4.74 Å². The van der Waals surface area contributed by atoms with Gasteiger partial charge < -0.3 is 9.84 Å². The SMILES string of the molecule is CCOC(=O)C(O)/C(=C\C(C)C)[N+](=O)[O-]. The fraction of sp³-hybridized carbons (Fsp3) is 0.667. The molecule has 0 saturated carbocycles. The van der Waals surface area contributed by atoms with Gasteiger partial charge in [0, 0.05) is 0 Å². The molecular formula is C9H15NO5. The van der Waals surface area contributed by atoms with Gasteiger partial charge in [-0.15, -0.1) is 0 Å². The Balaban J connectivity index is 4.78. The van der Waals surface area contributed by atoms with Crippen LogP contribution >= 0.6 is 0 Å². The third-order valence-electron chi connectivity index (χ3n) is 1.50. The van der Waals surface area contributed by atoms with Crippen molar-refractivity contribution in [1.82, 2.24) is 0 Å². The maximum Gasteiger partial charge on any atom is 0.346 e. The van der Waals surface area contributed by atoms with Crippen LogP contribution in [-0.4, -0.2) is 28.7 Å². The summed E-state index contributed by atoms with van der Waals surface area (Å²) in [6.07, 6.45) is -0.593. The number of carbonyl (C=O) groups is 1. The molecule has 0 aliphatic rings. The molecule has 0 bridgehead atoms. The van der Waals surface area contributed by atoms with E-state index in [1.807, 2.05) is 0 Å². The van der Waals surface area contributed by atoms with E-state index in [9.17, 15) is 20.0 Å². The van der Waals surface area contributed by atoms with E-state index in [0.717, 1.165) is 0 Å². The molecule has 0 spiro atoms. The molecule has 0 heterocycles. The minimum absolute atomic E-state index is 0.0720. The highest BCUT2D eigenvalue weighted by molar-refractivity contribution is 5.77. The van der Waals surface area contributed by atoms with Crippen LogP contribution in [0.15, 0.2) is 11.8 Å². The normalized spacial score (nSPS) is 13.8. The van der Waals surface area contributed by atoms with Gasteiger partial charge in [0.2, 0.25) is 6.10 Å². The standard InChI is InChI=1S/C9H15NO5/c1-4-15-9(12)8(11)7(10(13)14)5-6(2)3/h5-6,8,11H,4H2,1-3H3/b7-5+. The zero-order chi connectivity index (χ0) is 12.0. The van der Waals surface area contributed by atoms with Gasteiger partial charge in [0.15, 0.2) is 0 Å². The monoisotopic (exact) mass is 217 g/mol. The van der Waals surface area contributed by atoms with Gasteiger partial charge in [-0.2, -0.15) is 0 Å². The first-order valence-corrected chi connectivity index (χ1v) is 4.61. The number of nitro groups is 1. The molecule has 0 aliphatic carbocycles. The summed E-state index contributed by atoms with van der Waals surface area (Å²) in [5.74, 6) is -1.13. The summed E-state index contributed by atoms with van der Waals surface area (Å²) in [5, 5.41) is 19.9. The lowest BCUT2D eigenvalue weighted by Crippen LogP contribution is -2.29. The molecule has 0 amide bonds. The van der Waals surface area contributed by atoms with Crippen LogP contribution < -0.4 is 0 Å². The van der Waals surface area contributed by atoms with E-state index >= 15 is 0 Å². The third-order valence-corrected chi connectivity index (χ3v) is 1.50. The van der Waals surface area contributed by atoms with Crippen LogP contribution in [0.4, 0.5) is 0 Å². The predicted octanol–water partition coefficient (Wildman–Crippen LogP) is 0.727. The quantitative estimate of drug-likeness (QED) is 0.416. The number of carbonyl (C=O) groups excluding carboxylic acids is 1. The highest BCUT2D eigenvalue weighted by atomic mass is 16.6. The van der Waals surface area contributed by atoms with Crippen LogP contribution in [0.5, 0.6) is 0 Å². The second kappa shape index (κ2) is 6.13. The Hall–Kier alpha value is -1.43. The zero-order valence-electron chi connectivity index (χ0n) is 8.97. The summed E-state index contributed by atoms with van der Waals surface area (Å²) in [6, 6.07) is 0. The molecule has 1 atom stereocenters. The molecule has 0 radical (unpaired) electrons. The molecule has 6 heteroatoms. The summed E-state index contributed by atoms with van der Waals surface area (Å²) in [7, 11) is 0. The van der Waals surface area contributed by atoms with Gasteiger partial charge in [-0.05, 0) is 18.9 Å². The van der Waals surface area contributed by atoms with Gasteiger partial charge in [-0.3, -0.25) is 10.1 Å². The van der Waals surface area contributed by atoms with Crippen LogP contribution in [-0.2, 0) is 9.53 Å². The average molecular weight is 217 g/mol. The third kappa shape index (κ3) is 4.55. The van der Waals surface area contributed by atoms with Gasteiger partial charge in [0.05, 0.1) is 11.5 Å². The van der Waals surface area contributed by atoms with Gasteiger partial charge in [-0.1, -0.05) is 13.8 Å². The zero-order valence-corrected chi connectivity index (χ0v) is 8.97. The highest BCUT2D eigenvalue weighted by Crippen LogP contribution is 2.09. The fourth-order valence-electron chi connectivity index (χ4n) is 0.935. The molecule has 1 unspecified atom stereocenters. The van der Waals surface area contributed by atoms with Crippen molar-refractivity contribution < 1.29 is 19.6 Å². The second-order valence-electron chi connectivity index (χ2n) is 3.25. The topological polar surface area (TPSA) is 89.7 Å². The second-order valence-corrected chi connectivity index (χ2v) is 3.25. The molecule has 0 aromatic heterocycles. The number of rotatable bonds is 5. The van der Waals surface area contributed by atoms with Crippen LogP contribution in [0.3, 0.4) is 0 Å². The summed E-state index contributed by atoms with van der Waals surface area (Å²) < 4.78 is 4.48. The Labute approximate surface area is 87.7 Å².